The predicted molar refractivity (Wildman–Crippen MR) is 89.7 cm³/mol. The smallest absolute Gasteiger partial charge is 0.0576 e. The molecule has 3 unspecified atom stereocenters. The van der Waals surface area contributed by atoms with E-state index in [2.05, 4.69) is 31.0 Å². The SMILES string of the molecule is CCCC1CN(CCCC2CCCO2)C(CC(C)C)CN1. The Kier molecular flexibility index (Phi) is 7.48. The summed E-state index contributed by atoms with van der Waals surface area (Å²) in [6.07, 6.45) is 9.61. The molecule has 2 saturated heterocycles. The van der Waals surface area contributed by atoms with Crippen molar-refractivity contribution < 1.29 is 4.74 Å². The van der Waals surface area contributed by atoms with E-state index in [0.29, 0.717) is 12.1 Å². The quantitative estimate of drug-likeness (QED) is 0.742. The molecule has 3 nitrogen and oxygen atoms in total. The first kappa shape index (κ1) is 17.2. The van der Waals surface area contributed by atoms with Gasteiger partial charge in [-0.3, -0.25) is 4.90 Å². The molecule has 0 radical (unpaired) electrons. The minimum absolute atomic E-state index is 0.558. The molecule has 0 aromatic heterocycles. The number of piperazine rings is 1. The van der Waals surface area contributed by atoms with Crippen molar-refractivity contribution in [2.24, 2.45) is 5.92 Å². The second kappa shape index (κ2) is 9.12. The molecular weight excluding hydrogens is 260 g/mol. The first-order valence-corrected chi connectivity index (χ1v) is 9.28. The highest BCUT2D eigenvalue weighted by Crippen LogP contribution is 2.20. The van der Waals surface area contributed by atoms with Gasteiger partial charge in [-0.2, -0.15) is 0 Å². The number of hydrogen-bond acceptors (Lipinski definition) is 3. The van der Waals surface area contributed by atoms with Gasteiger partial charge in [-0.1, -0.05) is 27.2 Å². The molecule has 2 fully saturated rings. The van der Waals surface area contributed by atoms with Gasteiger partial charge in [-0.15, -0.1) is 0 Å². The Morgan fingerprint density at radius 1 is 1.29 bits per heavy atom. The van der Waals surface area contributed by atoms with Crippen molar-refractivity contribution in [3.8, 4) is 0 Å². The third kappa shape index (κ3) is 5.88. The highest BCUT2D eigenvalue weighted by Gasteiger charge is 2.27. The van der Waals surface area contributed by atoms with Crippen LogP contribution >= 0.6 is 0 Å². The molecule has 3 heteroatoms. The maximum Gasteiger partial charge on any atom is 0.0576 e. The summed E-state index contributed by atoms with van der Waals surface area (Å²) >= 11 is 0. The van der Waals surface area contributed by atoms with Crippen LogP contribution in [0.5, 0.6) is 0 Å². The van der Waals surface area contributed by atoms with Crippen LogP contribution in [0.2, 0.25) is 0 Å². The Morgan fingerprint density at radius 3 is 2.81 bits per heavy atom. The van der Waals surface area contributed by atoms with Crippen LogP contribution in [0.3, 0.4) is 0 Å². The molecule has 0 spiro atoms. The molecule has 21 heavy (non-hydrogen) atoms. The highest BCUT2D eigenvalue weighted by molar-refractivity contribution is 4.86. The van der Waals surface area contributed by atoms with Crippen LogP contribution in [0.15, 0.2) is 0 Å². The average Bonchev–Trinajstić information content (AvgIpc) is 2.94. The lowest BCUT2D eigenvalue weighted by Crippen LogP contribution is -2.56. The Labute approximate surface area is 131 Å². The van der Waals surface area contributed by atoms with Gasteiger partial charge in [0.1, 0.15) is 0 Å². The summed E-state index contributed by atoms with van der Waals surface area (Å²) in [5.74, 6) is 0.792. The number of ether oxygens (including phenoxy) is 1. The normalized spacial score (nSPS) is 31.1. The van der Waals surface area contributed by atoms with Gasteiger partial charge in [0, 0.05) is 31.8 Å². The summed E-state index contributed by atoms with van der Waals surface area (Å²) in [7, 11) is 0. The standard InChI is InChI=1S/C18H36N2O/c1-4-7-16-14-20(17(13-19-16)12-15(2)3)10-5-8-18-9-6-11-21-18/h15-19H,4-14H2,1-3H3. The van der Waals surface area contributed by atoms with Gasteiger partial charge in [0.15, 0.2) is 0 Å². The van der Waals surface area contributed by atoms with E-state index in [-0.39, 0.29) is 0 Å². The molecule has 2 aliphatic rings. The lowest BCUT2D eigenvalue weighted by atomic mass is 9.97. The zero-order chi connectivity index (χ0) is 15.1. The second-order valence-corrected chi connectivity index (χ2v) is 7.45. The summed E-state index contributed by atoms with van der Waals surface area (Å²) in [6.45, 7) is 11.7. The van der Waals surface area contributed by atoms with Crippen LogP contribution in [0.1, 0.15) is 65.7 Å². The van der Waals surface area contributed by atoms with Crippen LogP contribution in [0.4, 0.5) is 0 Å². The second-order valence-electron chi connectivity index (χ2n) is 7.45. The lowest BCUT2D eigenvalue weighted by molar-refractivity contribution is 0.0823. The first-order valence-electron chi connectivity index (χ1n) is 9.28. The maximum atomic E-state index is 5.76. The van der Waals surface area contributed by atoms with Crippen molar-refractivity contribution in [3.63, 3.8) is 0 Å². The zero-order valence-corrected chi connectivity index (χ0v) is 14.4. The summed E-state index contributed by atoms with van der Waals surface area (Å²) in [5.41, 5.74) is 0. The van der Waals surface area contributed by atoms with Gasteiger partial charge in [0.2, 0.25) is 0 Å². The van der Waals surface area contributed by atoms with Gasteiger partial charge in [0.05, 0.1) is 6.10 Å². The third-order valence-electron chi connectivity index (χ3n) is 4.99. The van der Waals surface area contributed by atoms with Gasteiger partial charge in [0.25, 0.3) is 0 Å². The van der Waals surface area contributed by atoms with Crippen molar-refractivity contribution in [2.45, 2.75) is 83.9 Å². The Bertz CT molecular complexity index is 276. The molecule has 2 rings (SSSR count). The van der Waals surface area contributed by atoms with Crippen molar-refractivity contribution in [1.82, 2.24) is 10.2 Å². The molecular formula is C18H36N2O. The number of nitrogens with zero attached hydrogens (tertiary/aromatic N) is 1. The Hall–Kier alpha value is -0.120. The minimum atomic E-state index is 0.558. The Morgan fingerprint density at radius 2 is 2.14 bits per heavy atom. The molecule has 0 bridgehead atoms. The third-order valence-corrected chi connectivity index (χ3v) is 4.99. The maximum absolute atomic E-state index is 5.76. The van der Waals surface area contributed by atoms with E-state index < -0.39 is 0 Å². The van der Waals surface area contributed by atoms with Crippen molar-refractivity contribution in [3.05, 3.63) is 0 Å². The fourth-order valence-corrected chi connectivity index (χ4v) is 3.91. The molecule has 0 amide bonds. The van der Waals surface area contributed by atoms with Gasteiger partial charge in [-0.25, -0.2) is 0 Å². The van der Waals surface area contributed by atoms with Crippen LogP contribution in [0.25, 0.3) is 0 Å². The minimum Gasteiger partial charge on any atom is -0.378 e. The molecule has 0 saturated carbocycles. The number of hydrogen-bond donors (Lipinski definition) is 1. The fraction of sp³-hybridized carbons (Fsp3) is 1.00. The highest BCUT2D eigenvalue weighted by atomic mass is 16.5. The van der Waals surface area contributed by atoms with E-state index >= 15 is 0 Å². The van der Waals surface area contributed by atoms with E-state index in [1.165, 1.54) is 64.6 Å². The van der Waals surface area contributed by atoms with Crippen molar-refractivity contribution in [2.75, 3.05) is 26.2 Å². The van der Waals surface area contributed by atoms with Crippen LogP contribution in [0, 0.1) is 5.92 Å². The molecule has 2 aliphatic heterocycles. The largest absolute Gasteiger partial charge is 0.378 e. The molecule has 3 atom stereocenters. The lowest BCUT2D eigenvalue weighted by Gasteiger charge is -2.41. The van der Waals surface area contributed by atoms with E-state index in [0.717, 1.165) is 18.6 Å². The van der Waals surface area contributed by atoms with Gasteiger partial charge in [-0.05, 0) is 51.0 Å². The van der Waals surface area contributed by atoms with Crippen LogP contribution < -0.4 is 5.32 Å². The summed E-state index contributed by atoms with van der Waals surface area (Å²) < 4.78 is 5.76. The van der Waals surface area contributed by atoms with Gasteiger partial charge >= 0.3 is 0 Å². The summed E-state index contributed by atoms with van der Waals surface area (Å²) in [5, 5.41) is 3.77. The Balaban J connectivity index is 1.77. The summed E-state index contributed by atoms with van der Waals surface area (Å²) in [6, 6.07) is 1.45. The molecule has 2 heterocycles. The van der Waals surface area contributed by atoms with Crippen molar-refractivity contribution >= 4 is 0 Å². The average molecular weight is 296 g/mol. The van der Waals surface area contributed by atoms with Gasteiger partial charge < -0.3 is 10.1 Å². The monoisotopic (exact) mass is 296 g/mol. The molecule has 1 N–H and O–H groups in total. The van der Waals surface area contributed by atoms with E-state index in [1.807, 2.05) is 0 Å². The van der Waals surface area contributed by atoms with E-state index in [4.69, 9.17) is 4.74 Å². The molecule has 0 aromatic carbocycles. The molecule has 124 valence electrons. The van der Waals surface area contributed by atoms with Crippen molar-refractivity contribution in [1.29, 1.82) is 0 Å². The fourth-order valence-electron chi connectivity index (χ4n) is 3.91. The molecule has 0 aliphatic carbocycles. The predicted octanol–water partition coefficient (Wildman–Crippen LogP) is 3.43. The summed E-state index contributed by atoms with van der Waals surface area (Å²) in [4.78, 5) is 2.77. The van der Waals surface area contributed by atoms with Crippen LogP contribution in [-0.2, 0) is 4.74 Å². The van der Waals surface area contributed by atoms with E-state index in [1.54, 1.807) is 0 Å². The first-order chi connectivity index (χ1) is 10.2. The number of rotatable bonds is 8. The number of nitrogens with one attached hydrogen (secondary N) is 1. The molecule has 0 aromatic rings. The zero-order valence-electron chi connectivity index (χ0n) is 14.4. The van der Waals surface area contributed by atoms with E-state index in [9.17, 15) is 0 Å². The topological polar surface area (TPSA) is 24.5 Å². The van der Waals surface area contributed by atoms with Crippen LogP contribution in [-0.4, -0.2) is 49.3 Å².